The van der Waals surface area contributed by atoms with Gasteiger partial charge >= 0.3 is 12.1 Å². The maximum absolute atomic E-state index is 13.8. The van der Waals surface area contributed by atoms with Gasteiger partial charge in [-0.15, -0.1) is 12.4 Å². The van der Waals surface area contributed by atoms with Crippen LogP contribution in [-0.4, -0.2) is 45.5 Å². The highest BCUT2D eigenvalue weighted by Gasteiger charge is 2.42. The molecule has 2 aromatic rings. The molecule has 0 fully saturated rings. The van der Waals surface area contributed by atoms with Crippen molar-refractivity contribution < 1.29 is 40.7 Å². The second-order valence-electron chi connectivity index (χ2n) is 7.44. The number of carbonyl (C=O) groups is 2. The van der Waals surface area contributed by atoms with Gasteiger partial charge in [0.2, 0.25) is 11.7 Å². The predicted octanol–water partition coefficient (Wildman–Crippen LogP) is 3.22. The molecule has 0 saturated heterocycles. The zero-order chi connectivity index (χ0) is 24.5. The van der Waals surface area contributed by atoms with Gasteiger partial charge < -0.3 is 19.9 Å². The van der Waals surface area contributed by atoms with Crippen molar-refractivity contribution in [3.8, 4) is 0 Å². The van der Waals surface area contributed by atoms with Crippen LogP contribution in [0.5, 0.6) is 0 Å². The van der Waals surface area contributed by atoms with Gasteiger partial charge in [0, 0.05) is 31.6 Å². The maximum Gasteiger partial charge on any atom is 0.449 e. The molecule has 14 heteroatoms. The number of imidazole rings is 1. The molecule has 0 aliphatic carbocycles. The van der Waals surface area contributed by atoms with Gasteiger partial charge in [-0.1, -0.05) is 0 Å². The van der Waals surface area contributed by atoms with E-state index >= 15 is 0 Å². The van der Waals surface area contributed by atoms with Crippen LogP contribution in [0.1, 0.15) is 40.9 Å². The highest BCUT2D eigenvalue weighted by Crippen LogP contribution is 2.32. The number of esters is 1. The number of alkyl halides is 3. The molecule has 1 aromatic heterocycles. The van der Waals surface area contributed by atoms with E-state index in [1.807, 2.05) is 0 Å². The number of hydrogen-bond acceptors (Lipinski definition) is 5. The monoisotopic (exact) mass is 514 g/mol. The molecular formula is C20H21ClF6N4O3. The summed E-state index contributed by atoms with van der Waals surface area (Å²) in [7, 11) is 0. The van der Waals surface area contributed by atoms with Gasteiger partial charge in [0.15, 0.2) is 17.3 Å². The number of halogens is 7. The van der Waals surface area contributed by atoms with Crippen molar-refractivity contribution in [2.24, 2.45) is 5.73 Å². The molecular weight excluding hydrogens is 494 g/mol. The summed E-state index contributed by atoms with van der Waals surface area (Å²) in [4.78, 5) is 29.4. The van der Waals surface area contributed by atoms with Crippen LogP contribution in [0.4, 0.5) is 26.3 Å². The molecule has 1 aliphatic heterocycles. The summed E-state index contributed by atoms with van der Waals surface area (Å²) in [5.74, 6) is -6.52. The van der Waals surface area contributed by atoms with E-state index in [1.165, 1.54) is 11.8 Å². The lowest BCUT2D eigenvalue weighted by Gasteiger charge is -2.30. The third-order valence-corrected chi connectivity index (χ3v) is 5.09. The molecule has 34 heavy (non-hydrogen) atoms. The van der Waals surface area contributed by atoms with Gasteiger partial charge in [0.25, 0.3) is 0 Å². The zero-order valence-electron chi connectivity index (χ0n) is 17.8. The number of ether oxygens (including phenoxy) is 1. The Morgan fingerprint density at radius 3 is 2.41 bits per heavy atom. The fraction of sp³-hybridized carbons (Fsp3) is 0.450. The topological polar surface area (TPSA) is 90.5 Å². The number of nitrogens with zero attached hydrogens (tertiary/aromatic N) is 3. The van der Waals surface area contributed by atoms with Crippen LogP contribution in [0, 0.1) is 17.5 Å². The maximum atomic E-state index is 13.8. The van der Waals surface area contributed by atoms with Crippen LogP contribution in [0.2, 0.25) is 0 Å². The predicted molar refractivity (Wildman–Crippen MR) is 108 cm³/mol. The summed E-state index contributed by atoms with van der Waals surface area (Å²) in [6.07, 6.45) is -5.43. The molecule has 1 atom stereocenters. The first-order valence-electron chi connectivity index (χ1n) is 9.92. The quantitative estimate of drug-likeness (QED) is 0.363. The lowest BCUT2D eigenvalue weighted by molar-refractivity contribution is -0.148. The molecule has 0 spiro atoms. The van der Waals surface area contributed by atoms with Gasteiger partial charge in [-0.25, -0.2) is 22.9 Å². The van der Waals surface area contributed by atoms with Crippen molar-refractivity contribution in [2.45, 2.75) is 45.1 Å². The van der Waals surface area contributed by atoms with Crippen molar-refractivity contribution in [3.63, 3.8) is 0 Å². The van der Waals surface area contributed by atoms with Gasteiger partial charge in [-0.2, -0.15) is 13.2 Å². The molecule has 3 rings (SSSR count). The van der Waals surface area contributed by atoms with Crippen LogP contribution in [0.25, 0.3) is 0 Å². The van der Waals surface area contributed by atoms with Crippen molar-refractivity contribution in [3.05, 3.63) is 52.4 Å². The number of rotatable bonds is 6. The average molecular weight is 515 g/mol. The number of benzene rings is 1. The molecule has 2 heterocycles. The van der Waals surface area contributed by atoms with E-state index in [-0.39, 0.29) is 62.7 Å². The third-order valence-electron chi connectivity index (χ3n) is 5.09. The van der Waals surface area contributed by atoms with Gasteiger partial charge in [0.1, 0.15) is 5.82 Å². The van der Waals surface area contributed by atoms with E-state index in [4.69, 9.17) is 10.5 Å². The van der Waals surface area contributed by atoms with Gasteiger partial charge in [-0.05, 0) is 25.0 Å². The Morgan fingerprint density at radius 2 is 1.79 bits per heavy atom. The normalized spacial score (nSPS) is 14.3. The number of nitrogens with two attached hydrogens (primary N) is 1. The second-order valence-corrected chi connectivity index (χ2v) is 7.44. The molecule has 188 valence electrons. The number of hydrogen-bond donors (Lipinski definition) is 1. The fourth-order valence-electron chi connectivity index (χ4n) is 3.59. The van der Waals surface area contributed by atoms with Crippen LogP contribution in [0.3, 0.4) is 0 Å². The van der Waals surface area contributed by atoms with Crippen molar-refractivity contribution in [1.29, 1.82) is 0 Å². The lowest BCUT2D eigenvalue weighted by atomic mass is 10.0. The minimum absolute atomic E-state index is 0. The van der Waals surface area contributed by atoms with Gasteiger partial charge in [0.05, 0.1) is 18.8 Å². The van der Waals surface area contributed by atoms with Crippen LogP contribution in [-0.2, 0) is 35.2 Å². The Balaban J connectivity index is 0.00000408. The number of fused-ring (bicyclic) bond motifs is 1. The summed E-state index contributed by atoms with van der Waals surface area (Å²) in [6, 6.07) is 0.0535. The largest absolute Gasteiger partial charge is 0.461 e. The summed E-state index contributed by atoms with van der Waals surface area (Å²) in [5, 5.41) is 0. The van der Waals surface area contributed by atoms with Gasteiger partial charge in [-0.3, -0.25) is 4.79 Å². The molecule has 7 nitrogen and oxygen atoms in total. The Morgan fingerprint density at radius 1 is 1.15 bits per heavy atom. The third kappa shape index (κ3) is 5.81. The number of carbonyl (C=O) groups excluding carboxylic acids is 2. The molecule has 1 amide bonds. The standard InChI is InChI=1S/C20H20F6N4O3.ClH/c1-2-33-18(32)17-15-9-29(3-4-30(15)19(28-17)20(24,25)26)16(31)7-11(27)5-10-6-13(22)14(23)8-12(10)21;/h6,8,11H,2-5,7,9,27H2,1H3;1H. The molecule has 1 unspecified atom stereocenters. The minimum atomic E-state index is -4.82. The summed E-state index contributed by atoms with van der Waals surface area (Å²) in [5.41, 5.74) is 5.00. The molecule has 0 radical (unpaired) electrons. The Labute approximate surface area is 196 Å². The van der Waals surface area contributed by atoms with Crippen molar-refractivity contribution in [1.82, 2.24) is 14.5 Å². The first-order chi connectivity index (χ1) is 15.4. The Kier molecular flexibility index (Phi) is 8.59. The fourth-order valence-corrected chi connectivity index (χ4v) is 3.59. The highest BCUT2D eigenvalue weighted by atomic mass is 35.5. The van der Waals surface area contributed by atoms with Crippen molar-refractivity contribution in [2.75, 3.05) is 13.2 Å². The van der Waals surface area contributed by atoms with Crippen LogP contribution < -0.4 is 5.73 Å². The number of aromatic nitrogens is 2. The Hall–Kier alpha value is -2.80. The lowest BCUT2D eigenvalue weighted by Crippen LogP contribution is -2.42. The minimum Gasteiger partial charge on any atom is -0.461 e. The van der Waals surface area contributed by atoms with E-state index in [2.05, 4.69) is 4.98 Å². The molecule has 0 bridgehead atoms. The smallest absolute Gasteiger partial charge is 0.449 e. The SMILES string of the molecule is CCOC(=O)c1nc(C(F)(F)F)n2c1CN(C(=O)CC(N)Cc1cc(F)c(F)cc1F)CC2.Cl. The summed E-state index contributed by atoms with van der Waals surface area (Å²) in [6.45, 7) is 0.681. The Bertz CT molecular complexity index is 1080. The first kappa shape index (κ1) is 27.4. The zero-order valence-corrected chi connectivity index (χ0v) is 18.6. The van der Waals surface area contributed by atoms with Crippen molar-refractivity contribution >= 4 is 24.3 Å². The summed E-state index contributed by atoms with van der Waals surface area (Å²) >= 11 is 0. The molecule has 1 aliphatic rings. The van der Waals surface area contributed by atoms with Crippen LogP contribution in [0.15, 0.2) is 12.1 Å². The van der Waals surface area contributed by atoms with E-state index in [0.29, 0.717) is 12.1 Å². The molecule has 2 N–H and O–H groups in total. The second kappa shape index (κ2) is 10.6. The average Bonchev–Trinajstić information content (AvgIpc) is 3.11. The first-order valence-corrected chi connectivity index (χ1v) is 9.92. The molecule has 1 aromatic carbocycles. The molecule has 0 saturated carbocycles. The van der Waals surface area contributed by atoms with Crippen LogP contribution >= 0.6 is 12.4 Å². The summed E-state index contributed by atoms with van der Waals surface area (Å²) < 4.78 is 85.9. The van der Waals surface area contributed by atoms with E-state index in [9.17, 15) is 35.9 Å². The van der Waals surface area contributed by atoms with E-state index in [1.54, 1.807) is 0 Å². The highest BCUT2D eigenvalue weighted by molar-refractivity contribution is 5.89. The van der Waals surface area contributed by atoms with E-state index < -0.39 is 53.1 Å². The number of amides is 1. The van der Waals surface area contributed by atoms with E-state index in [0.717, 1.165) is 4.57 Å².